The third-order valence-electron chi connectivity index (χ3n) is 2.63. The number of carboxylic acids is 2. The molecular weight excluding hydrogens is 236 g/mol. The molecule has 2 N–H and O–H groups in total. The zero-order chi connectivity index (χ0) is 13.3. The molecule has 5 nitrogen and oxygen atoms in total. The summed E-state index contributed by atoms with van der Waals surface area (Å²) in [4.78, 5) is 33.3. The van der Waals surface area contributed by atoms with E-state index in [4.69, 9.17) is 10.2 Å². The first-order valence-corrected chi connectivity index (χ1v) is 5.03. The topological polar surface area (TPSA) is 91.7 Å². The lowest BCUT2D eigenvalue weighted by molar-refractivity contribution is 0.0652. The Balaban J connectivity index is 3.03. The van der Waals surface area contributed by atoms with Crippen LogP contribution in [0.5, 0.6) is 0 Å². The summed E-state index contributed by atoms with van der Waals surface area (Å²) < 4.78 is 0. The third-order valence-corrected chi connectivity index (χ3v) is 2.63. The quantitative estimate of drug-likeness (QED) is 0.806. The summed E-state index contributed by atoms with van der Waals surface area (Å²) in [5, 5.41) is 19.0. The standard InChI is InChI=1S/C13H8O5/c14-6-8-5-7-3-1-2-4-9(7)11(13(17)18)10(8)12(15)16/h1-6H,(H,15,16)(H,17,18). The van der Waals surface area contributed by atoms with Gasteiger partial charge in [0.1, 0.15) is 0 Å². The van der Waals surface area contributed by atoms with E-state index in [0.29, 0.717) is 17.1 Å². The van der Waals surface area contributed by atoms with Crippen molar-refractivity contribution in [3.8, 4) is 0 Å². The van der Waals surface area contributed by atoms with Gasteiger partial charge in [0.2, 0.25) is 0 Å². The molecule has 0 unspecified atom stereocenters. The number of fused-ring (bicyclic) bond motifs is 1. The smallest absolute Gasteiger partial charge is 0.337 e. The van der Waals surface area contributed by atoms with E-state index in [2.05, 4.69) is 0 Å². The monoisotopic (exact) mass is 244 g/mol. The average Bonchev–Trinajstić information content (AvgIpc) is 2.35. The Morgan fingerprint density at radius 2 is 1.61 bits per heavy atom. The van der Waals surface area contributed by atoms with Crippen molar-refractivity contribution in [2.24, 2.45) is 0 Å². The Kier molecular flexibility index (Phi) is 2.81. The van der Waals surface area contributed by atoms with Crippen LogP contribution in [0.15, 0.2) is 30.3 Å². The minimum Gasteiger partial charge on any atom is -0.478 e. The Labute approximate surface area is 101 Å². The maximum absolute atomic E-state index is 11.2. The van der Waals surface area contributed by atoms with Gasteiger partial charge in [0.15, 0.2) is 6.29 Å². The molecule has 0 atom stereocenters. The fraction of sp³-hybridized carbons (Fsp3) is 0. The summed E-state index contributed by atoms with van der Waals surface area (Å²) in [6.07, 6.45) is 0.350. The summed E-state index contributed by atoms with van der Waals surface area (Å²) in [5.41, 5.74) is -0.975. The Hall–Kier alpha value is -2.69. The van der Waals surface area contributed by atoms with Crippen LogP contribution in [0.4, 0.5) is 0 Å². The highest BCUT2D eigenvalue weighted by molar-refractivity contribution is 6.15. The second-order valence-electron chi connectivity index (χ2n) is 3.67. The van der Waals surface area contributed by atoms with Gasteiger partial charge in [-0.1, -0.05) is 24.3 Å². The molecule has 0 aromatic heterocycles. The number of rotatable bonds is 3. The van der Waals surface area contributed by atoms with Crippen LogP contribution in [0.3, 0.4) is 0 Å². The molecule has 0 saturated carbocycles. The molecule has 18 heavy (non-hydrogen) atoms. The summed E-state index contributed by atoms with van der Waals surface area (Å²) in [5.74, 6) is -2.80. The fourth-order valence-corrected chi connectivity index (χ4v) is 1.91. The lowest BCUT2D eigenvalue weighted by Gasteiger charge is -2.09. The van der Waals surface area contributed by atoms with E-state index >= 15 is 0 Å². The SMILES string of the molecule is O=Cc1cc2ccccc2c(C(=O)O)c1C(=O)O. The van der Waals surface area contributed by atoms with Crippen LogP contribution in [0.2, 0.25) is 0 Å². The number of hydrogen-bond acceptors (Lipinski definition) is 3. The van der Waals surface area contributed by atoms with Crippen LogP contribution in [0.25, 0.3) is 10.8 Å². The maximum atomic E-state index is 11.2. The summed E-state index contributed by atoms with van der Waals surface area (Å²) in [7, 11) is 0. The van der Waals surface area contributed by atoms with Crippen molar-refractivity contribution in [3.63, 3.8) is 0 Å². The molecule has 0 amide bonds. The fourth-order valence-electron chi connectivity index (χ4n) is 1.91. The van der Waals surface area contributed by atoms with Crippen molar-refractivity contribution < 1.29 is 24.6 Å². The van der Waals surface area contributed by atoms with Gasteiger partial charge < -0.3 is 10.2 Å². The maximum Gasteiger partial charge on any atom is 0.337 e. The molecule has 0 bridgehead atoms. The molecule has 5 heteroatoms. The van der Waals surface area contributed by atoms with E-state index in [1.165, 1.54) is 12.1 Å². The van der Waals surface area contributed by atoms with Crippen LogP contribution >= 0.6 is 0 Å². The molecule has 0 aliphatic carbocycles. The van der Waals surface area contributed by atoms with E-state index in [-0.39, 0.29) is 11.1 Å². The molecule has 0 heterocycles. The zero-order valence-corrected chi connectivity index (χ0v) is 9.08. The van der Waals surface area contributed by atoms with Crippen LogP contribution in [0.1, 0.15) is 31.1 Å². The summed E-state index contributed by atoms with van der Waals surface area (Å²) in [6, 6.07) is 7.81. The largest absolute Gasteiger partial charge is 0.478 e. The molecular formula is C13H8O5. The van der Waals surface area contributed by atoms with Crippen LogP contribution in [-0.4, -0.2) is 28.4 Å². The first-order valence-electron chi connectivity index (χ1n) is 5.03. The number of carboxylic acid groups (broad SMARTS) is 2. The van der Waals surface area contributed by atoms with Crippen molar-refractivity contribution in [2.45, 2.75) is 0 Å². The summed E-state index contributed by atoms with van der Waals surface area (Å²) >= 11 is 0. The highest BCUT2D eigenvalue weighted by Gasteiger charge is 2.23. The van der Waals surface area contributed by atoms with Gasteiger partial charge >= 0.3 is 11.9 Å². The second-order valence-corrected chi connectivity index (χ2v) is 3.67. The zero-order valence-electron chi connectivity index (χ0n) is 9.08. The van der Waals surface area contributed by atoms with Crippen molar-refractivity contribution in [2.75, 3.05) is 0 Å². The number of hydrogen-bond donors (Lipinski definition) is 2. The van der Waals surface area contributed by atoms with Crippen molar-refractivity contribution >= 4 is 29.0 Å². The second kappa shape index (κ2) is 4.29. The van der Waals surface area contributed by atoms with Gasteiger partial charge in [-0.3, -0.25) is 4.79 Å². The number of benzene rings is 2. The molecule has 0 spiro atoms. The molecule has 2 aromatic carbocycles. The number of aldehydes is 1. The molecule has 2 rings (SSSR count). The Morgan fingerprint density at radius 3 is 2.17 bits per heavy atom. The highest BCUT2D eigenvalue weighted by Crippen LogP contribution is 2.25. The van der Waals surface area contributed by atoms with Gasteiger partial charge in [0.05, 0.1) is 11.1 Å². The number of carbonyl (C=O) groups excluding carboxylic acids is 1. The van der Waals surface area contributed by atoms with Crippen molar-refractivity contribution in [1.82, 2.24) is 0 Å². The van der Waals surface area contributed by atoms with Crippen molar-refractivity contribution in [1.29, 1.82) is 0 Å². The van der Waals surface area contributed by atoms with Crippen LogP contribution in [0, 0.1) is 0 Å². The van der Waals surface area contributed by atoms with Gasteiger partial charge in [-0.2, -0.15) is 0 Å². The highest BCUT2D eigenvalue weighted by atomic mass is 16.4. The van der Waals surface area contributed by atoms with Gasteiger partial charge in [-0.05, 0) is 16.8 Å². The lowest BCUT2D eigenvalue weighted by atomic mass is 9.94. The minimum atomic E-state index is -1.43. The predicted molar refractivity (Wildman–Crippen MR) is 63.3 cm³/mol. The third kappa shape index (κ3) is 1.71. The van der Waals surface area contributed by atoms with E-state index in [1.54, 1.807) is 18.2 Å². The minimum absolute atomic E-state index is 0.140. The number of carbonyl (C=O) groups is 3. The van der Waals surface area contributed by atoms with Crippen LogP contribution in [-0.2, 0) is 0 Å². The first-order chi connectivity index (χ1) is 8.56. The molecule has 0 aliphatic heterocycles. The van der Waals surface area contributed by atoms with Gasteiger partial charge in [0.25, 0.3) is 0 Å². The van der Waals surface area contributed by atoms with Crippen molar-refractivity contribution in [3.05, 3.63) is 47.0 Å². The molecule has 2 aromatic rings. The van der Waals surface area contributed by atoms with E-state index < -0.39 is 17.5 Å². The molecule has 90 valence electrons. The van der Waals surface area contributed by atoms with E-state index in [0.717, 1.165) is 0 Å². The van der Waals surface area contributed by atoms with Gasteiger partial charge in [-0.25, -0.2) is 9.59 Å². The van der Waals surface area contributed by atoms with Gasteiger partial charge in [-0.15, -0.1) is 0 Å². The first kappa shape index (κ1) is 11.8. The normalized spacial score (nSPS) is 10.2. The average molecular weight is 244 g/mol. The summed E-state index contributed by atoms with van der Waals surface area (Å²) in [6.45, 7) is 0. The Bertz CT molecular complexity index is 672. The Morgan fingerprint density at radius 1 is 1.00 bits per heavy atom. The van der Waals surface area contributed by atoms with Crippen LogP contribution < -0.4 is 0 Å². The predicted octanol–water partition coefficient (Wildman–Crippen LogP) is 2.05. The van der Waals surface area contributed by atoms with E-state index in [9.17, 15) is 14.4 Å². The van der Waals surface area contributed by atoms with E-state index in [1.807, 2.05) is 0 Å². The molecule has 0 aliphatic rings. The molecule has 0 fully saturated rings. The molecule has 0 radical (unpaired) electrons. The number of aromatic carboxylic acids is 2. The van der Waals surface area contributed by atoms with Gasteiger partial charge in [0, 0.05) is 5.56 Å². The molecule has 0 saturated heterocycles. The lowest BCUT2D eigenvalue weighted by Crippen LogP contribution is -2.12.